The summed E-state index contributed by atoms with van der Waals surface area (Å²) in [6.07, 6.45) is 0.337. The molecule has 2 rings (SSSR count). The molecule has 0 amide bonds. The van der Waals surface area contributed by atoms with Crippen LogP contribution in [0.4, 0.5) is 0 Å². The van der Waals surface area contributed by atoms with Crippen LogP contribution in [0.3, 0.4) is 0 Å². The Balaban J connectivity index is 2.36. The van der Waals surface area contributed by atoms with E-state index in [9.17, 15) is 13.5 Å². The van der Waals surface area contributed by atoms with Gasteiger partial charge in [0.1, 0.15) is 5.82 Å². The van der Waals surface area contributed by atoms with E-state index in [1.807, 2.05) is 35.9 Å². The minimum absolute atomic E-state index is 0.200. The van der Waals surface area contributed by atoms with Gasteiger partial charge in [-0.3, -0.25) is 0 Å². The fourth-order valence-electron chi connectivity index (χ4n) is 2.04. The first kappa shape index (κ1) is 15.0. The number of aliphatic hydroxyl groups is 1. The molecule has 1 atom stereocenters. The lowest BCUT2D eigenvalue weighted by Gasteiger charge is -2.28. The zero-order valence-corrected chi connectivity index (χ0v) is 13.0. The van der Waals surface area contributed by atoms with Crippen LogP contribution in [0.25, 0.3) is 11.0 Å². The smallest absolute Gasteiger partial charge is 0.155 e. The van der Waals surface area contributed by atoms with Gasteiger partial charge in [-0.25, -0.2) is 13.4 Å². The number of sulfone groups is 1. The molecule has 0 bridgehead atoms. The van der Waals surface area contributed by atoms with E-state index in [1.165, 1.54) is 13.8 Å². The summed E-state index contributed by atoms with van der Waals surface area (Å²) in [5, 5.41) is 10.3. The molecule has 0 saturated carbocycles. The highest BCUT2D eigenvalue weighted by molar-refractivity contribution is 7.92. The Bertz CT molecular complexity index is 732. The predicted molar refractivity (Wildman–Crippen MR) is 79.3 cm³/mol. The molecule has 0 fully saturated rings. The van der Waals surface area contributed by atoms with Crippen molar-refractivity contribution in [2.24, 2.45) is 7.05 Å². The average Bonchev–Trinajstić information content (AvgIpc) is 2.65. The maximum atomic E-state index is 11.8. The number of fused-ring (bicyclic) bond motifs is 1. The van der Waals surface area contributed by atoms with E-state index in [0.29, 0.717) is 5.82 Å². The molecule has 2 aromatic rings. The van der Waals surface area contributed by atoms with E-state index in [-0.39, 0.29) is 6.42 Å². The third-order valence-electron chi connectivity index (χ3n) is 4.01. The van der Waals surface area contributed by atoms with Crippen molar-refractivity contribution >= 4 is 20.9 Å². The zero-order chi connectivity index (χ0) is 15.1. The lowest BCUT2D eigenvalue weighted by molar-refractivity contribution is 0.135. The van der Waals surface area contributed by atoms with Crippen molar-refractivity contribution in [3.8, 4) is 0 Å². The Morgan fingerprint density at radius 3 is 2.50 bits per heavy atom. The van der Waals surface area contributed by atoms with Crippen molar-refractivity contribution in [1.29, 1.82) is 0 Å². The monoisotopic (exact) mass is 296 g/mol. The van der Waals surface area contributed by atoms with Crippen LogP contribution >= 0.6 is 0 Å². The van der Waals surface area contributed by atoms with Gasteiger partial charge in [-0.2, -0.15) is 0 Å². The molecule has 20 heavy (non-hydrogen) atoms. The van der Waals surface area contributed by atoms with Gasteiger partial charge in [-0.05, 0) is 26.0 Å². The Kier molecular flexibility index (Phi) is 3.64. The Hall–Kier alpha value is -1.40. The maximum Gasteiger partial charge on any atom is 0.155 e. The van der Waals surface area contributed by atoms with Gasteiger partial charge in [0.15, 0.2) is 9.84 Å². The number of hydrogen-bond donors (Lipinski definition) is 1. The maximum absolute atomic E-state index is 11.8. The average molecular weight is 296 g/mol. The van der Waals surface area contributed by atoms with Crippen molar-refractivity contribution in [1.82, 2.24) is 9.55 Å². The molecule has 5 nitrogen and oxygen atoms in total. The van der Waals surface area contributed by atoms with E-state index in [1.54, 1.807) is 0 Å². The summed E-state index contributed by atoms with van der Waals surface area (Å²) >= 11 is 0. The number of aromatic nitrogens is 2. The van der Waals surface area contributed by atoms with Crippen LogP contribution in [0.5, 0.6) is 0 Å². The van der Waals surface area contributed by atoms with Crippen LogP contribution in [0.1, 0.15) is 19.7 Å². The van der Waals surface area contributed by atoms with E-state index in [2.05, 4.69) is 4.98 Å². The lowest BCUT2D eigenvalue weighted by atomic mass is 10.0. The molecule has 1 N–H and O–H groups in total. The Labute approximate surface area is 119 Å². The third-order valence-corrected chi connectivity index (χ3v) is 6.20. The normalized spacial score (nSPS) is 14.7. The second-order valence-corrected chi connectivity index (χ2v) is 8.27. The highest BCUT2D eigenvalue weighted by Crippen LogP contribution is 2.24. The number of para-hydroxylation sites is 2. The van der Waals surface area contributed by atoms with Crippen molar-refractivity contribution in [2.75, 3.05) is 6.26 Å². The molecule has 0 saturated heterocycles. The van der Waals surface area contributed by atoms with Gasteiger partial charge >= 0.3 is 0 Å². The van der Waals surface area contributed by atoms with Crippen molar-refractivity contribution in [3.63, 3.8) is 0 Å². The van der Waals surface area contributed by atoms with Crippen LogP contribution in [-0.4, -0.2) is 40.2 Å². The molecule has 0 aliphatic heterocycles. The number of imidazole rings is 1. The molecular formula is C14H20N2O3S. The van der Waals surface area contributed by atoms with Gasteiger partial charge in [-0.15, -0.1) is 0 Å². The molecule has 1 unspecified atom stereocenters. The fourth-order valence-corrected chi connectivity index (χ4v) is 2.62. The molecule has 0 radical (unpaired) electrons. The van der Waals surface area contributed by atoms with Crippen LogP contribution in [0.15, 0.2) is 24.3 Å². The van der Waals surface area contributed by atoms with Gasteiger partial charge in [-0.1, -0.05) is 12.1 Å². The van der Waals surface area contributed by atoms with Gasteiger partial charge in [0.25, 0.3) is 0 Å². The van der Waals surface area contributed by atoms with Crippen molar-refractivity contribution in [3.05, 3.63) is 30.1 Å². The molecule has 0 aliphatic carbocycles. The zero-order valence-electron chi connectivity index (χ0n) is 12.2. The topological polar surface area (TPSA) is 72.2 Å². The number of nitrogens with zero attached hydrogens (tertiary/aromatic N) is 2. The summed E-state index contributed by atoms with van der Waals surface area (Å²) < 4.78 is 24.2. The predicted octanol–water partition coefficient (Wildman–Crippen LogP) is 1.30. The lowest BCUT2D eigenvalue weighted by Crippen LogP contribution is -2.44. The highest BCUT2D eigenvalue weighted by Gasteiger charge is 2.38. The SMILES string of the molecule is Cn1c(CC(O)C(C)(C)S(C)(=O)=O)nc2ccccc21. The van der Waals surface area contributed by atoms with E-state index < -0.39 is 20.7 Å². The molecule has 1 aromatic heterocycles. The summed E-state index contributed by atoms with van der Waals surface area (Å²) in [6.45, 7) is 3.07. The molecular weight excluding hydrogens is 276 g/mol. The van der Waals surface area contributed by atoms with Crippen molar-refractivity contribution in [2.45, 2.75) is 31.1 Å². The van der Waals surface area contributed by atoms with E-state index in [0.717, 1.165) is 17.3 Å². The van der Waals surface area contributed by atoms with Crippen LogP contribution in [-0.2, 0) is 23.3 Å². The summed E-state index contributed by atoms with van der Waals surface area (Å²) in [6, 6.07) is 7.66. The van der Waals surface area contributed by atoms with Crippen LogP contribution < -0.4 is 0 Å². The molecule has 6 heteroatoms. The number of hydrogen-bond acceptors (Lipinski definition) is 4. The number of aliphatic hydroxyl groups excluding tert-OH is 1. The summed E-state index contributed by atoms with van der Waals surface area (Å²) in [7, 11) is -1.49. The molecule has 1 aromatic carbocycles. The number of benzene rings is 1. The second kappa shape index (κ2) is 4.86. The fraction of sp³-hybridized carbons (Fsp3) is 0.500. The van der Waals surface area contributed by atoms with Crippen LogP contribution in [0.2, 0.25) is 0 Å². The first-order valence-electron chi connectivity index (χ1n) is 6.42. The summed E-state index contributed by atoms with van der Waals surface area (Å²) in [4.78, 5) is 4.46. The minimum Gasteiger partial charge on any atom is -0.391 e. The second-order valence-electron chi connectivity index (χ2n) is 5.67. The molecule has 0 spiro atoms. The molecule has 0 aliphatic rings. The largest absolute Gasteiger partial charge is 0.391 e. The molecule has 110 valence electrons. The Morgan fingerprint density at radius 1 is 1.35 bits per heavy atom. The number of aryl methyl sites for hydroxylation is 1. The minimum atomic E-state index is -3.35. The first-order valence-corrected chi connectivity index (χ1v) is 8.31. The number of rotatable bonds is 4. The van der Waals surface area contributed by atoms with Gasteiger partial charge in [0, 0.05) is 19.7 Å². The van der Waals surface area contributed by atoms with Gasteiger partial charge in [0.2, 0.25) is 0 Å². The Morgan fingerprint density at radius 2 is 1.95 bits per heavy atom. The highest BCUT2D eigenvalue weighted by atomic mass is 32.2. The van der Waals surface area contributed by atoms with Crippen LogP contribution in [0, 0.1) is 0 Å². The quantitative estimate of drug-likeness (QED) is 0.923. The van der Waals surface area contributed by atoms with E-state index >= 15 is 0 Å². The van der Waals surface area contributed by atoms with Gasteiger partial charge in [0.05, 0.1) is 21.9 Å². The first-order chi connectivity index (χ1) is 9.14. The van der Waals surface area contributed by atoms with Crippen molar-refractivity contribution < 1.29 is 13.5 Å². The third kappa shape index (κ3) is 2.45. The standard InChI is InChI=1S/C14H20N2O3S/c1-14(2,20(4,18)19)12(17)9-13-15-10-7-5-6-8-11(10)16(13)3/h5-8,12,17H,9H2,1-4H3. The van der Waals surface area contributed by atoms with E-state index in [4.69, 9.17) is 0 Å². The van der Waals surface area contributed by atoms with Gasteiger partial charge < -0.3 is 9.67 Å². The summed E-state index contributed by atoms with van der Waals surface area (Å²) in [5.74, 6) is 0.676. The summed E-state index contributed by atoms with van der Waals surface area (Å²) in [5.41, 5.74) is 1.81. The molecule has 1 heterocycles.